The number of H-pyrrole nitrogens is 1. The van der Waals surface area contributed by atoms with Gasteiger partial charge in [-0.2, -0.15) is 8.42 Å². The fourth-order valence-electron chi connectivity index (χ4n) is 1.32. The summed E-state index contributed by atoms with van der Waals surface area (Å²) in [6.07, 6.45) is 2.58. The molecule has 0 radical (unpaired) electrons. The smallest absolute Gasteiger partial charge is 0.278 e. The Balaban J connectivity index is 2.26. The van der Waals surface area contributed by atoms with Crippen molar-refractivity contribution in [2.24, 2.45) is 0 Å². The minimum atomic E-state index is -3.58. The van der Waals surface area contributed by atoms with Crippen LogP contribution in [0, 0.1) is 0 Å². The molecule has 0 saturated carbocycles. The molecule has 0 spiro atoms. The van der Waals surface area contributed by atoms with E-state index in [1.807, 2.05) is 6.07 Å². The van der Waals surface area contributed by atoms with Crippen LogP contribution in [0.4, 0.5) is 5.69 Å². The number of nitrogens with zero attached hydrogens (tertiary/aromatic N) is 1. The number of hydrogen-bond acceptors (Lipinski definition) is 3. The van der Waals surface area contributed by atoms with Crippen molar-refractivity contribution in [1.82, 2.24) is 9.97 Å². The second-order valence-corrected chi connectivity index (χ2v) is 5.57. The molecule has 0 aliphatic rings. The summed E-state index contributed by atoms with van der Waals surface area (Å²) in [6, 6.07) is 7.16. The van der Waals surface area contributed by atoms with Crippen LogP contribution in [0.15, 0.2) is 41.8 Å². The monoisotopic (exact) mass is 315 g/mol. The van der Waals surface area contributed by atoms with Crippen molar-refractivity contribution in [3.63, 3.8) is 0 Å². The maximum atomic E-state index is 11.9. The van der Waals surface area contributed by atoms with Crippen LogP contribution < -0.4 is 4.72 Å². The van der Waals surface area contributed by atoms with Crippen LogP contribution in [0.25, 0.3) is 0 Å². The number of nitrogens with one attached hydrogen (secondary N) is 2. The Kier molecular flexibility index (Phi) is 3.49. The number of benzene rings is 1. The van der Waals surface area contributed by atoms with E-state index in [4.69, 9.17) is 0 Å². The SMILES string of the molecule is O=S(=O)(Nc1cccc(CBr)c1)c1cnc[nH]1. The van der Waals surface area contributed by atoms with Crippen molar-refractivity contribution in [3.8, 4) is 0 Å². The summed E-state index contributed by atoms with van der Waals surface area (Å²) in [5.41, 5.74) is 1.52. The van der Waals surface area contributed by atoms with Crippen LogP contribution in [0.1, 0.15) is 5.56 Å². The zero-order valence-corrected chi connectivity index (χ0v) is 11.1. The Bertz CT molecular complexity index is 596. The van der Waals surface area contributed by atoms with E-state index in [0.29, 0.717) is 11.0 Å². The van der Waals surface area contributed by atoms with Gasteiger partial charge in [-0.05, 0) is 17.7 Å². The molecule has 2 rings (SSSR count). The van der Waals surface area contributed by atoms with Gasteiger partial charge in [0.2, 0.25) is 0 Å². The number of anilines is 1. The van der Waals surface area contributed by atoms with Crippen molar-refractivity contribution in [3.05, 3.63) is 42.4 Å². The molecule has 0 fully saturated rings. The van der Waals surface area contributed by atoms with Gasteiger partial charge in [0.25, 0.3) is 10.0 Å². The second-order valence-electron chi connectivity index (χ2n) is 3.36. The molecule has 0 atom stereocenters. The van der Waals surface area contributed by atoms with Gasteiger partial charge < -0.3 is 4.98 Å². The average Bonchev–Trinajstić information content (AvgIpc) is 2.83. The molecule has 0 unspecified atom stereocenters. The van der Waals surface area contributed by atoms with E-state index < -0.39 is 10.0 Å². The summed E-state index contributed by atoms with van der Waals surface area (Å²) >= 11 is 3.32. The normalized spacial score (nSPS) is 11.4. The lowest BCUT2D eigenvalue weighted by atomic mass is 10.2. The molecule has 1 aromatic heterocycles. The molecule has 2 N–H and O–H groups in total. The van der Waals surface area contributed by atoms with Crippen LogP contribution >= 0.6 is 15.9 Å². The van der Waals surface area contributed by atoms with E-state index in [2.05, 4.69) is 30.6 Å². The summed E-state index contributed by atoms with van der Waals surface area (Å²) in [7, 11) is -3.58. The topological polar surface area (TPSA) is 74.8 Å². The molecular weight excluding hydrogens is 306 g/mol. The standard InChI is InChI=1S/C10H10BrN3O2S/c11-5-8-2-1-3-9(4-8)14-17(15,16)10-6-12-7-13-10/h1-4,6-7,14H,5H2,(H,12,13). The minimum Gasteiger partial charge on any atom is -0.334 e. The summed E-state index contributed by atoms with van der Waals surface area (Å²) < 4.78 is 26.2. The molecule has 0 aliphatic heterocycles. The fraction of sp³-hybridized carbons (Fsp3) is 0.100. The first-order chi connectivity index (χ1) is 8.12. The van der Waals surface area contributed by atoms with E-state index >= 15 is 0 Å². The van der Waals surface area contributed by atoms with E-state index in [0.717, 1.165) is 5.56 Å². The van der Waals surface area contributed by atoms with Gasteiger partial charge in [-0.15, -0.1) is 0 Å². The highest BCUT2D eigenvalue weighted by Gasteiger charge is 2.15. The van der Waals surface area contributed by atoms with Gasteiger partial charge in [0.15, 0.2) is 5.03 Å². The molecule has 1 aromatic carbocycles. The maximum Gasteiger partial charge on any atom is 0.278 e. The second kappa shape index (κ2) is 4.89. The molecule has 0 amide bonds. The van der Waals surface area contributed by atoms with Crippen LogP contribution in [-0.2, 0) is 15.4 Å². The highest BCUT2D eigenvalue weighted by Crippen LogP contribution is 2.16. The first-order valence-corrected chi connectivity index (χ1v) is 7.38. The highest BCUT2D eigenvalue weighted by atomic mass is 79.9. The zero-order valence-electron chi connectivity index (χ0n) is 8.72. The third kappa shape index (κ3) is 2.86. The summed E-state index contributed by atoms with van der Waals surface area (Å²) in [5.74, 6) is 0. The molecule has 7 heteroatoms. The average molecular weight is 316 g/mol. The van der Waals surface area contributed by atoms with Crippen molar-refractivity contribution in [2.45, 2.75) is 10.4 Å². The molecule has 1 heterocycles. The molecule has 0 bridgehead atoms. The number of aromatic nitrogens is 2. The number of hydrogen-bond donors (Lipinski definition) is 2. The Morgan fingerprint density at radius 3 is 2.88 bits per heavy atom. The zero-order chi connectivity index (χ0) is 12.3. The largest absolute Gasteiger partial charge is 0.334 e. The Morgan fingerprint density at radius 2 is 2.24 bits per heavy atom. The number of sulfonamides is 1. The fourth-order valence-corrected chi connectivity index (χ4v) is 2.62. The lowest BCUT2D eigenvalue weighted by Crippen LogP contribution is -2.13. The molecular formula is C10H10BrN3O2S. The Hall–Kier alpha value is -1.34. The number of imidazole rings is 1. The maximum absolute atomic E-state index is 11.9. The molecule has 5 nitrogen and oxygen atoms in total. The van der Waals surface area contributed by atoms with Gasteiger partial charge in [0.1, 0.15) is 0 Å². The number of halogens is 1. The molecule has 0 aliphatic carbocycles. The van der Waals surface area contributed by atoms with Crippen LogP contribution in [0.2, 0.25) is 0 Å². The van der Waals surface area contributed by atoms with Gasteiger partial charge in [-0.3, -0.25) is 4.72 Å². The van der Waals surface area contributed by atoms with Gasteiger partial charge in [-0.25, -0.2) is 4.98 Å². The van der Waals surface area contributed by atoms with Crippen molar-refractivity contribution < 1.29 is 8.42 Å². The lowest BCUT2D eigenvalue weighted by Gasteiger charge is -2.06. The Morgan fingerprint density at radius 1 is 1.41 bits per heavy atom. The lowest BCUT2D eigenvalue weighted by molar-refractivity contribution is 0.598. The predicted octanol–water partition coefficient (Wildman–Crippen LogP) is 2.11. The third-order valence-corrected chi connectivity index (χ3v) is 4.05. The van der Waals surface area contributed by atoms with Gasteiger partial charge in [0.05, 0.1) is 12.5 Å². The highest BCUT2D eigenvalue weighted by molar-refractivity contribution is 9.08. The van der Waals surface area contributed by atoms with Crippen molar-refractivity contribution >= 4 is 31.6 Å². The van der Waals surface area contributed by atoms with E-state index in [1.54, 1.807) is 18.2 Å². The molecule has 17 heavy (non-hydrogen) atoms. The summed E-state index contributed by atoms with van der Waals surface area (Å²) in [5, 5.41) is 0.717. The van der Waals surface area contributed by atoms with E-state index in [1.165, 1.54) is 12.5 Å². The first-order valence-electron chi connectivity index (χ1n) is 4.78. The van der Waals surface area contributed by atoms with Gasteiger partial charge >= 0.3 is 0 Å². The van der Waals surface area contributed by atoms with E-state index in [9.17, 15) is 8.42 Å². The van der Waals surface area contributed by atoms with Gasteiger partial charge in [0, 0.05) is 11.0 Å². The van der Waals surface area contributed by atoms with Gasteiger partial charge in [-0.1, -0.05) is 28.1 Å². The van der Waals surface area contributed by atoms with Crippen molar-refractivity contribution in [1.29, 1.82) is 0 Å². The summed E-state index contributed by atoms with van der Waals surface area (Å²) in [4.78, 5) is 6.24. The third-order valence-electron chi connectivity index (χ3n) is 2.10. The molecule has 2 aromatic rings. The molecule has 90 valence electrons. The Labute approximate surface area is 107 Å². The molecule has 0 saturated heterocycles. The van der Waals surface area contributed by atoms with Crippen LogP contribution in [-0.4, -0.2) is 18.4 Å². The number of alkyl halides is 1. The first kappa shape index (κ1) is 12.1. The van der Waals surface area contributed by atoms with Crippen LogP contribution in [0.3, 0.4) is 0 Å². The predicted molar refractivity (Wildman–Crippen MR) is 68.5 cm³/mol. The van der Waals surface area contributed by atoms with E-state index in [-0.39, 0.29) is 5.03 Å². The van der Waals surface area contributed by atoms with Crippen LogP contribution in [0.5, 0.6) is 0 Å². The quantitative estimate of drug-likeness (QED) is 0.848. The number of rotatable bonds is 4. The van der Waals surface area contributed by atoms with Crippen molar-refractivity contribution in [2.75, 3.05) is 4.72 Å². The minimum absolute atomic E-state index is 0.0433. The number of aromatic amines is 1. The summed E-state index contributed by atoms with van der Waals surface area (Å²) in [6.45, 7) is 0.